The lowest BCUT2D eigenvalue weighted by Gasteiger charge is -2.15. The van der Waals surface area contributed by atoms with Crippen LogP contribution in [-0.4, -0.2) is 26.3 Å². The molecular weight excluding hydrogens is 198 g/mol. The number of aryl methyl sites for hydroxylation is 2. The normalized spacial score (nSPS) is 21.8. The maximum absolute atomic E-state index is 5.59. The van der Waals surface area contributed by atoms with Crippen LogP contribution < -0.4 is 5.32 Å². The van der Waals surface area contributed by atoms with Gasteiger partial charge in [0.05, 0.1) is 13.2 Å². The average Bonchev–Trinajstić information content (AvgIpc) is 2.52. The second-order valence-electron chi connectivity index (χ2n) is 4.78. The topological polar surface area (TPSA) is 21.3 Å². The third kappa shape index (κ3) is 3.06. The summed E-state index contributed by atoms with van der Waals surface area (Å²) in [7, 11) is 0. The van der Waals surface area contributed by atoms with Crippen molar-refractivity contribution in [2.75, 3.05) is 26.3 Å². The molecule has 0 aliphatic carbocycles. The molecule has 1 heterocycles. The molecule has 1 unspecified atom stereocenters. The van der Waals surface area contributed by atoms with E-state index < -0.39 is 0 Å². The van der Waals surface area contributed by atoms with Crippen molar-refractivity contribution >= 4 is 0 Å². The molecule has 0 aromatic heterocycles. The summed E-state index contributed by atoms with van der Waals surface area (Å²) in [6, 6.07) is 6.70. The zero-order valence-corrected chi connectivity index (χ0v) is 10.3. The van der Waals surface area contributed by atoms with Crippen LogP contribution in [0.2, 0.25) is 0 Å². The van der Waals surface area contributed by atoms with Gasteiger partial charge in [0, 0.05) is 13.1 Å². The maximum atomic E-state index is 5.59. The minimum absolute atomic E-state index is 0.614. The van der Waals surface area contributed by atoms with E-state index in [1.54, 1.807) is 0 Å². The summed E-state index contributed by atoms with van der Waals surface area (Å²) in [5, 5.41) is 3.43. The fraction of sp³-hybridized carbons (Fsp3) is 0.571. The number of rotatable bonds is 2. The number of benzene rings is 1. The minimum atomic E-state index is 0.614. The van der Waals surface area contributed by atoms with Crippen LogP contribution in [0.15, 0.2) is 18.2 Å². The van der Waals surface area contributed by atoms with E-state index in [0.29, 0.717) is 5.92 Å². The highest BCUT2D eigenvalue weighted by Crippen LogP contribution is 2.16. The third-order valence-corrected chi connectivity index (χ3v) is 3.22. The van der Waals surface area contributed by atoms with Crippen LogP contribution in [0.5, 0.6) is 0 Å². The molecular formula is C14H21NO. The Hall–Kier alpha value is -0.860. The molecule has 2 nitrogen and oxygen atoms in total. The Labute approximate surface area is 98.0 Å². The first-order valence-corrected chi connectivity index (χ1v) is 6.10. The highest BCUT2D eigenvalue weighted by molar-refractivity contribution is 5.30. The molecule has 88 valence electrons. The number of nitrogens with one attached hydrogen (secondary N) is 1. The number of hydrogen-bond donors (Lipinski definition) is 1. The predicted molar refractivity (Wildman–Crippen MR) is 66.8 cm³/mol. The van der Waals surface area contributed by atoms with Crippen molar-refractivity contribution in [1.82, 2.24) is 5.32 Å². The van der Waals surface area contributed by atoms with E-state index in [1.165, 1.54) is 16.7 Å². The van der Waals surface area contributed by atoms with E-state index >= 15 is 0 Å². The first kappa shape index (κ1) is 11.6. The molecule has 2 heteroatoms. The third-order valence-electron chi connectivity index (χ3n) is 3.22. The van der Waals surface area contributed by atoms with Gasteiger partial charge in [-0.25, -0.2) is 0 Å². The van der Waals surface area contributed by atoms with Crippen molar-refractivity contribution in [2.45, 2.75) is 20.3 Å². The zero-order chi connectivity index (χ0) is 11.4. The summed E-state index contributed by atoms with van der Waals surface area (Å²) >= 11 is 0. The Balaban J connectivity index is 2.04. The zero-order valence-electron chi connectivity index (χ0n) is 10.3. The van der Waals surface area contributed by atoms with Gasteiger partial charge in [0.15, 0.2) is 0 Å². The average molecular weight is 219 g/mol. The van der Waals surface area contributed by atoms with Crippen LogP contribution in [0, 0.1) is 19.8 Å². The molecule has 0 radical (unpaired) electrons. The van der Waals surface area contributed by atoms with Crippen molar-refractivity contribution in [3.05, 3.63) is 34.9 Å². The van der Waals surface area contributed by atoms with Crippen LogP contribution in [0.25, 0.3) is 0 Å². The smallest absolute Gasteiger partial charge is 0.0591 e. The van der Waals surface area contributed by atoms with E-state index in [4.69, 9.17) is 4.74 Å². The van der Waals surface area contributed by atoms with E-state index in [0.717, 1.165) is 32.7 Å². The van der Waals surface area contributed by atoms with Crippen LogP contribution in [0.1, 0.15) is 16.7 Å². The van der Waals surface area contributed by atoms with Crippen molar-refractivity contribution < 1.29 is 4.74 Å². The molecule has 1 aromatic carbocycles. The Morgan fingerprint density at radius 2 is 2.25 bits per heavy atom. The van der Waals surface area contributed by atoms with Crippen molar-refractivity contribution in [3.63, 3.8) is 0 Å². The molecule has 0 amide bonds. The molecule has 2 rings (SSSR count). The maximum Gasteiger partial charge on any atom is 0.0591 e. The highest BCUT2D eigenvalue weighted by Gasteiger charge is 2.13. The van der Waals surface area contributed by atoms with Gasteiger partial charge in [0.2, 0.25) is 0 Å². The van der Waals surface area contributed by atoms with Crippen LogP contribution in [0.3, 0.4) is 0 Å². The summed E-state index contributed by atoms with van der Waals surface area (Å²) < 4.78 is 5.59. The Morgan fingerprint density at radius 1 is 1.38 bits per heavy atom. The summed E-state index contributed by atoms with van der Waals surface area (Å²) in [6.45, 7) is 8.16. The van der Waals surface area contributed by atoms with E-state index in [-0.39, 0.29) is 0 Å². The van der Waals surface area contributed by atoms with Crippen LogP contribution in [-0.2, 0) is 11.2 Å². The van der Waals surface area contributed by atoms with Gasteiger partial charge < -0.3 is 10.1 Å². The van der Waals surface area contributed by atoms with Crippen molar-refractivity contribution in [1.29, 1.82) is 0 Å². The second-order valence-corrected chi connectivity index (χ2v) is 4.78. The SMILES string of the molecule is Cc1ccc(C)c(CC2CNCCOC2)c1. The largest absolute Gasteiger partial charge is 0.380 e. The van der Waals surface area contributed by atoms with E-state index in [9.17, 15) is 0 Å². The first-order chi connectivity index (χ1) is 7.75. The Bertz CT molecular complexity index is 341. The van der Waals surface area contributed by atoms with Gasteiger partial charge in [0.1, 0.15) is 0 Å². The molecule has 16 heavy (non-hydrogen) atoms. The van der Waals surface area contributed by atoms with Gasteiger partial charge in [-0.3, -0.25) is 0 Å². The quantitative estimate of drug-likeness (QED) is 0.822. The van der Waals surface area contributed by atoms with Gasteiger partial charge >= 0.3 is 0 Å². The predicted octanol–water partition coefficient (Wildman–Crippen LogP) is 2.08. The van der Waals surface area contributed by atoms with Crippen molar-refractivity contribution in [3.8, 4) is 0 Å². The molecule has 0 bridgehead atoms. The first-order valence-electron chi connectivity index (χ1n) is 6.10. The monoisotopic (exact) mass is 219 g/mol. The molecule has 1 saturated heterocycles. The summed E-state index contributed by atoms with van der Waals surface area (Å²) in [4.78, 5) is 0. The van der Waals surface area contributed by atoms with Gasteiger partial charge in [-0.1, -0.05) is 23.8 Å². The molecule has 0 spiro atoms. The van der Waals surface area contributed by atoms with Crippen molar-refractivity contribution in [2.24, 2.45) is 5.92 Å². The molecule has 1 aromatic rings. The fourth-order valence-corrected chi connectivity index (χ4v) is 2.22. The van der Waals surface area contributed by atoms with Gasteiger partial charge in [-0.2, -0.15) is 0 Å². The Morgan fingerprint density at radius 3 is 3.12 bits per heavy atom. The fourth-order valence-electron chi connectivity index (χ4n) is 2.22. The number of ether oxygens (including phenoxy) is 1. The summed E-state index contributed by atoms with van der Waals surface area (Å²) in [5.41, 5.74) is 4.22. The molecule has 1 aliphatic rings. The summed E-state index contributed by atoms with van der Waals surface area (Å²) in [6.07, 6.45) is 1.13. The van der Waals surface area contributed by atoms with Gasteiger partial charge in [-0.05, 0) is 37.3 Å². The molecule has 0 saturated carbocycles. The lowest BCUT2D eigenvalue weighted by Crippen LogP contribution is -2.24. The van der Waals surface area contributed by atoms with Crippen LogP contribution in [0.4, 0.5) is 0 Å². The van der Waals surface area contributed by atoms with Gasteiger partial charge in [-0.15, -0.1) is 0 Å². The highest BCUT2D eigenvalue weighted by atomic mass is 16.5. The molecule has 1 N–H and O–H groups in total. The molecule has 1 aliphatic heterocycles. The lowest BCUT2D eigenvalue weighted by atomic mass is 9.95. The van der Waals surface area contributed by atoms with Crippen LogP contribution >= 0.6 is 0 Å². The number of hydrogen-bond acceptors (Lipinski definition) is 2. The van der Waals surface area contributed by atoms with E-state index in [1.807, 2.05) is 0 Å². The minimum Gasteiger partial charge on any atom is -0.380 e. The van der Waals surface area contributed by atoms with Gasteiger partial charge in [0.25, 0.3) is 0 Å². The second kappa shape index (κ2) is 5.46. The van der Waals surface area contributed by atoms with E-state index in [2.05, 4.69) is 37.4 Å². The molecule has 1 atom stereocenters. The summed E-state index contributed by atoms with van der Waals surface area (Å²) in [5.74, 6) is 0.614. The Kier molecular flexibility index (Phi) is 3.97. The lowest BCUT2D eigenvalue weighted by molar-refractivity contribution is 0.123. The standard InChI is InChI=1S/C14H21NO/c1-11-3-4-12(2)14(7-11)8-13-9-15-5-6-16-10-13/h3-4,7,13,15H,5-6,8-10H2,1-2H3. The molecule has 1 fully saturated rings.